The van der Waals surface area contributed by atoms with Gasteiger partial charge in [-0.25, -0.2) is 0 Å². The van der Waals surface area contributed by atoms with E-state index in [4.69, 9.17) is 10.8 Å². The average molecular weight is 277 g/mol. The number of aliphatic carboxylic acids is 1. The third-order valence-corrected chi connectivity index (χ3v) is 3.42. The van der Waals surface area contributed by atoms with Gasteiger partial charge in [0.25, 0.3) is 5.91 Å². The van der Waals surface area contributed by atoms with Gasteiger partial charge in [0, 0.05) is 18.3 Å². The van der Waals surface area contributed by atoms with Gasteiger partial charge < -0.3 is 15.7 Å². The molecule has 1 saturated carbocycles. The topological polar surface area (TPSA) is 96.5 Å². The second-order valence-corrected chi connectivity index (χ2v) is 5.18. The van der Waals surface area contributed by atoms with Crippen molar-refractivity contribution in [1.82, 2.24) is 4.98 Å². The molecule has 1 fully saturated rings. The van der Waals surface area contributed by atoms with Crippen LogP contribution in [0.2, 0.25) is 0 Å². The van der Waals surface area contributed by atoms with Crippen molar-refractivity contribution in [1.29, 1.82) is 0 Å². The molecule has 1 amide bonds. The molecule has 0 radical (unpaired) electrons. The van der Waals surface area contributed by atoms with Gasteiger partial charge in [-0.2, -0.15) is 0 Å². The largest absolute Gasteiger partial charge is 0.481 e. The zero-order chi connectivity index (χ0) is 14.9. The summed E-state index contributed by atoms with van der Waals surface area (Å²) in [5.74, 6) is -1.37. The molecule has 2 rings (SSSR count). The average Bonchev–Trinajstić information content (AvgIpc) is 3.11. The van der Waals surface area contributed by atoms with E-state index >= 15 is 0 Å². The predicted molar refractivity (Wildman–Crippen MR) is 74.8 cm³/mol. The molecule has 20 heavy (non-hydrogen) atoms. The van der Waals surface area contributed by atoms with Crippen molar-refractivity contribution in [2.75, 3.05) is 11.4 Å². The van der Waals surface area contributed by atoms with Crippen LogP contribution in [-0.4, -0.2) is 34.6 Å². The van der Waals surface area contributed by atoms with Gasteiger partial charge in [-0.05, 0) is 32.8 Å². The summed E-state index contributed by atoms with van der Waals surface area (Å²) in [6.07, 6.45) is 2.06. The Morgan fingerprint density at radius 1 is 1.45 bits per heavy atom. The molecule has 6 nitrogen and oxygen atoms in total. The Morgan fingerprint density at radius 2 is 2.10 bits per heavy atom. The molecular formula is C14H19N3O3. The first kappa shape index (κ1) is 14.3. The fourth-order valence-electron chi connectivity index (χ4n) is 2.44. The molecule has 6 heteroatoms. The fourth-order valence-corrected chi connectivity index (χ4v) is 2.44. The number of carbonyl (C=O) groups is 2. The van der Waals surface area contributed by atoms with Crippen molar-refractivity contribution in [2.45, 2.75) is 39.2 Å². The van der Waals surface area contributed by atoms with E-state index in [1.54, 1.807) is 6.92 Å². The Labute approximate surface area is 117 Å². The lowest BCUT2D eigenvalue weighted by atomic mass is 10.1. The van der Waals surface area contributed by atoms with Crippen molar-refractivity contribution < 1.29 is 14.7 Å². The van der Waals surface area contributed by atoms with Crippen LogP contribution < -0.4 is 10.6 Å². The highest BCUT2D eigenvalue weighted by atomic mass is 16.4. The summed E-state index contributed by atoms with van der Waals surface area (Å²) >= 11 is 0. The van der Waals surface area contributed by atoms with Gasteiger partial charge in [0.05, 0.1) is 23.4 Å². The van der Waals surface area contributed by atoms with E-state index in [9.17, 15) is 9.59 Å². The van der Waals surface area contributed by atoms with Crippen molar-refractivity contribution in [3.05, 3.63) is 23.0 Å². The molecule has 1 aromatic rings. The summed E-state index contributed by atoms with van der Waals surface area (Å²) in [5.41, 5.74) is 7.95. The van der Waals surface area contributed by atoms with Gasteiger partial charge in [-0.15, -0.1) is 0 Å². The third-order valence-electron chi connectivity index (χ3n) is 3.42. The van der Waals surface area contributed by atoms with Crippen molar-refractivity contribution in [3.63, 3.8) is 0 Å². The molecule has 0 aromatic carbocycles. The lowest BCUT2D eigenvalue weighted by Crippen LogP contribution is -2.31. The van der Waals surface area contributed by atoms with E-state index < -0.39 is 11.9 Å². The number of hydrogen-bond donors (Lipinski definition) is 2. The molecule has 3 N–H and O–H groups in total. The number of aromatic nitrogens is 1. The number of anilines is 1. The molecule has 0 spiro atoms. The van der Waals surface area contributed by atoms with Crippen LogP contribution in [0.25, 0.3) is 0 Å². The quantitative estimate of drug-likeness (QED) is 0.815. The molecule has 0 bridgehead atoms. The first-order chi connectivity index (χ1) is 9.40. The molecule has 108 valence electrons. The molecule has 1 aromatic heterocycles. The molecule has 0 saturated heterocycles. The molecule has 0 unspecified atom stereocenters. The number of nitrogens with two attached hydrogens (primary N) is 1. The summed E-state index contributed by atoms with van der Waals surface area (Å²) in [5, 5.41) is 8.87. The van der Waals surface area contributed by atoms with Crippen LogP contribution in [0.5, 0.6) is 0 Å². The number of pyridine rings is 1. The van der Waals surface area contributed by atoms with Crippen LogP contribution in [0, 0.1) is 13.8 Å². The number of carboxylic acid groups (broad SMARTS) is 1. The minimum atomic E-state index is -0.848. The Hall–Kier alpha value is -2.11. The maximum Gasteiger partial charge on any atom is 0.305 e. The van der Waals surface area contributed by atoms with Gasteiger partial charge in [0.2, 0.25) is 0 Å². The summed E-state index contributed by atoms with van der Waals surface area (Å²) < 4.78 is 0. The summed E-state index contributed by atoms with van der Waals surface area (Å²) in [4.78, 5) is 28.7. The summed E-state index contributed by atoms with van der Waals surface area (Å²) in [7, 11) is 0. The zero-order valence-electron chi connectivity index (χ0n) is 11.7. The van der Waals surface area contributed by atoms with Crippen LogP contribution in [0.3, 0.4) is 0 Å². The second-order valence-electron chi connectivity index (χ2n) is 5.18. The van der Waals surface area contributed by atoms with Gasteiger partial charge >= 0.3 is 5.97 Å². The molecule has 1 heterocycles. The van der Waals surface area contributed by atoms with Crippen LogP contribution in [-0.2, 0) is 4.79 Å². The Kier molecular flexibility index (Phi) is 3.92. The van der Waals surface area contributed by atoms with E-state index in [1.165, 1.54) is 0 Å². The van der Waals surface area contributed by atoms with Crippen molar-refractivity contribution in [3.8, 4) is 0 Å². The number of rotatable bonds is 6. The number of amides is 1. The second kappa shape index (κ2) is 5.48. The maximum atomic E-state index is 11.7. The van der Waals surface area contributed by atoms with Crippen molar-refractivity contribution in [2.24, 2.45) is 5.73 Å². The first-order valence-electron chi connectivity index (χ1n) is 6.66. The van der Waals surface area contributed by atoms with E-state index in [-0.39, 0.29) is 6.42 Å². The SMILES string of the molecule is Cc1cc(N(CCC(=O)O)C2CC2)c(C(N)=O)c(C)n1. The summed E-state index contributed by atoms with van der Waals surface area (Å²) in [6, 6.07) is 2.11. The van der Waals surface area contributed by atoms with Crippen LogP contribution in [0.1, 0.15) is 41.0 Å². The molecular weight excluding hydrogens is 258 g/mol. The minimum absolute atomic E-state index is 0.0368. The zero-order valence-corrected chi connectivity index (χ0v) is 11.7. The fraction of sp³-hybridized carbons (Fsp3) is 0.500. The summed E-state index contributed by atoms with van der Waals surface area (Å²) in [6.45, 7) is 3.98. The number of aryl methyl sites for hydroxylation is 2. The number of carboxylic acids is 1. The lowest BCUT2D eigenvalue weighted by Gasteiger charge is -2.26. The smallest absolute Gasteiger partial charge is 0.305 e. The third kappa shape index (κ3) is 3.07. The number of hydrogen-bond acceptors (Lipinski definition) is 4. The maximum absolute atomic E-state index is 11.7. The van der Waals surface area contributed by atoms with Crippen molar-refractivity contribution >= 4 is 17.6 Å². The number of carbonyl (C=O) groups excluding carboxylic acids is 1. The Morgan fingerprint density at radius 3 is 2.60 bits per heavy atom. The first-order valence-corrected chi connectivity index (χ1v) is 6.66. The number of primary amides is 1. The van der Waals surface area contributed by atoms with Crippen LogP contribution >= 0.6 is 0 Å². The monoisotopic (exact) mass is 277 g/mol. The number of nitrogens with zero attached hydrogens (tertiary/aromatic N) is 2. The van der Waals surface area contributed by atoms with Gasteiger partial charge in [-0.3, -0.25) is 14.6 Å². The minimum Gasteiger partial charge on any atom is -0.481 e. The van der Waals surface area contributed by atoms with E-state index in [0.29, 0.717) is 29.5 Å². The highest BCUT2D eigenvalue weighted by molar-refractivity contribution is 6.00. The Bertz CT molecular complexity index is 553. The van der Waals surface area contributed by atoms with E-state index in [0.717, 1.165) is 18.5 Å². The van der Waals surface area contributed by atoms with Crippen LogP contribution in [0.4, 0.5) is 5.69 Å². The highest BCUT2D eigenvalue weighted by Gasteiger charge is 2.32. The lowest BCUT2D eigenvalue weighted by molar-refractivity contribution is -0.136. The van der Waals surface area contributed by atoms with Gasteiger partial charge in [0.15, 0.2) is 0 Å². The molecule has 0 aliphatic heterocycles. The van der Waals surface area contributed by atoms with E-state index in [2.05, 4.69) is 4.98 Å². The molecule has 0 atom stereocenters. The molecule has 1 aliphatic carbocycles. The van der Waals surface area contributed by atoms with E-state index in [1.807, 2.05) is 17.9 Å². The van der Waals surface area contributed by atoms with Crippen LogP contribution in [0.15, 0.2) is 6.07 Å². The van der Waals surface area contributed by atoms with Gasteiger partial charge in [-0.1, -0.05) is 0 Å². The normalized spacial score (nSPS) is 14.1. The standard InChI is InChI=1S/C14H19N3O3/c1-8-7-11(13(14(15)20)9(2)16-8)17(10-3-4-10)6-5-12(18)19/h7,10H,3-6H2,1-2H3,(H2,15,20)(H,18,19). The highest BCUT2D eigenvalue weighted by Crippen LogP contribution is 2.34. The predicted octanol–water partition coefficient (Wildman–Crippen LogP) is 1.24. The molecule has 1 aliphatic rings. The van der Waals surface area contributed by atoms with Gasteiger partial charge in [0.1, 0.15) is 0 Å². The Balaban J connectivity index is 2.41.